The van der Waals surface area contributed by atoms with Crippen molar-refractivity contribution in [1.82, 2.24) is 9.78 Å². The summed E-state index contributed by atoms with van der Waals surface area (Å²) < 4.78 is 1.11. The molecule has 0 spiro atoms. The number of nitrogen functional groups attached to an aromatic ring is 1. The number of nitrogens with zero attached hydrogens (tertiary/aromatic N) is 3. The zero-order chi connectivity index (χ0) is 14.2. The fourth-order valence-electron chi connectivity index (χ4n) is 1.50. The highest BCUT2D eigenvalue weighted by Gasteiger charge is 2.18. The number of carboxylic acid groups (broad SMARTS) is 1. The molecule has 0 saturated heterocycles. The lowest BCUT2D eigenvalue weighted by Crippen LogP contribution is -2.06. The summed E-state index contributed by atoms with van der Waals surface area (Å²) in [4.78, 5) is 20.8. The fourth-order valence-corrected chi connectivity index (χ4v) is 1.75. The normalized spacial score (nSPS) is 10.4. The molecule has 2 aromatic rings. The average Bonchev–Trinajstić information content (AvgIpc) is 2.71. The second-order valence-corrected chi connectivity index (χ2v) is 3.96. The van der Waals surface area contributed by atoms with Crippen molar-refractivity contribution in [2.45, 2.75) is 0 Å². The van der Waals surface area contributed by atoms with Crippen LogP contribution in [0.1, 0.15) is 10.4 Å². The number of nitro groups is 1. The second kappa shape index (κ2) is 4.58. The molecule has 0 radical (unpaired) electrons. The van der Waals surface area contributed by atoms with E-state index in [1.165, 1.54) is 12.1 Å². The summed E-state index contributed by atoms with van der Waals surface area (Å²) >= 11 is 5.90. The van der Waals surface area contributed by atoms with Gasteiger partial charge in [-0.05, 0) is 6.07 Å². The lowest BCUT2D eigenvalue weighted by Gasteiger charge is -2.06. The Balaban J connectivity index is 2.54. The zero-order valence-electron chi connectivity index (χ0n) is 9.28. The topological polar surface area (TPSA) is 124 Å². The first kappa shape index (κ1) is 12.8. The molecule has 0 atom stereocenters. The van der Waals surface area contributed by atoms with Gasteiger partial charge in [-0.3, -0.25) is 10.1 Å². The molecule has 0 unspecified atom stereocenters. The van der Waals surface area contributed by atoms with Crippen molar-refractivity contribution < 1.29 is 14.8 Å². The molecule has 8 nitrogen and oxygen atoms in total. The van der Waals surface area contributed by atoms with E-state index in [0.717, 1.165) is 16.9 Å². The number of hydrogen-bond acceptors (Lipinski definition) is 5. The van der Waals surface area contributed by atoms with Gasteiger partial charge in [0.25, 0.3) is 5.69 Å². The lowest BCUT2D eigenvalue weighted by atomic mass is 10.2. The number of carboxylic acids is 1. The Morgan fingerprint density at radius 1 is 1.53 bits per heavy atom. The van der Waals surface area contributed by atoms with E-state index in [4.69, 9.17) is 22.4 Å². The van der Waals surface area contributed by atoms with Gasteiger partial charge in [0.15, 0.2) is 0 Å². The van der Waals surface area contributed by atoms with E-state index < -0.39 is 10.9 Å². The SMILES string of the molecule is Nc1c(C(=O)O)cnn1-c1ccc([N+](=O)[O-])cc1Cl. The van der Waals surface area contributed by atoms with Crippen LogP contribution in [0.3, 0.4) is 0 Å². The number of benzene rings is 1. The molecule has 0 saturated carbocycles. The Bertz CT molecular complexity index is 682. The minimum absolute atomic E-state index is 0.0425. The third kappa shape index (κ3) is 2.20. The Hall–Kier alpha value is -2.61. The van der Waals surface area contributed by atoms with Crippen LogP contribution < -0.4 is 5.73 Å². The van der Waals surface area contributed by atoms with E-state index in [1.807, 2.05) is 0 Å². The van der Waals surface area contributed by atoms with Gasteiger partial charge in [-0.1, -0.05) is 11.6 Å². The molecular weight excluding hydrogens is 276 g/mol. The average molecular weight is 283 g/mol. The molecule has 3 N–H and O–H groups in total. The Morgan fingerprint density at radius 3 is 2.68 bits per heavy atom. The van der Waals surface area contributed by atoms with Crippen LogP contribution in [0.5, 0.6) is 0 Å². The van der Waals surface area contributed by atoms with Gasteiger partial charge < -0.3 is 10.8 Å². The van der Waals surface area contributed by atoms with Crippen molar-refractivity contribution in [3.8, 4) is 5.69 Å². The molecule has 1 heterocycles. The van der Waals surface area contributed by atoms with Crippen molar-refractivity contribution in [3.63, 3.8) is 0 Å². The standard InChI is InChI=1S/C10H7ClN4O4/c11-7-3-5(15(18)19)1-2-8(7)14-9(12)6(4-13-14)10(16)17/h1-4H,12H2,(H,16,17). The third-order valence-electron chi connectivity index (χ3n) is 2.41. The lowest BCUT2D eigenvalue weighted by molar-refractivity contribution is -0.384. The number of hydrogen-bond donors (Lipinski definition) is 2. The number of carbonyl (C=O) groups is 1. The highest BCUT2D eigenvalue weighted by atomic mass is 35.5. The van der Waals surface area contributed by atoms with Gasteiger partial charge in [0.1, 0.15) is 11.4 Å². The first-order valence-corrected chi connectivity index (χ1v) is 5.30. The van der Waals surface area contributed by atoms with Gasteiger partial charge in [-0.25, -0.2) is 9.48 Å². The van der Waals surface area contributed by atoms with Crippen molar-refractivity contribution >= 4 is 29.1 Å². The summed E-state index contributed by atoms with van der Waals surface area (Å²) in [6, 6.07) is 3.71. The van der Waals surface area contributed by atoms with Gasteiger partial charge in [0.05, 0.1) is 21.8 Å². The number of anilines is 1. The van der Waals surface area contributed by atoms with Crippen LogP contribution in [0.25, 0.3) is 5.69 Å². The maximum atomic E-state index is 10.8. The summed E-state index contributed by atoms with van der Waals surface area (Å²) in [5, 5.41) is 23.3. The second-order valence-electron chi connectivity index (χ2n) is 3.55. The molecule has 0 aliphatic heterocycles. The van der Waals surface area contributed by atoms with Gasteiger partial charge in [0.2, 0.25) is 0 Å². The highest BCUT2D eigenvalue weighted by Crippen LogP contribution is 2.27. The van der Waals surface area contributed by atoms with Gasteiger partial charge in [-0.2, -0.15) is 5.10 Å². The van der Waals surface area contributed by atoms with Crippen molar-refractivity contribution in [2.24, 2.45) is 0 Å². The molecular formula is C10H7ClN4O4. The maximum Gasteiger partial charge on any atom is 0.341 e. The molecule has 0 bridgehead atoms. The zero-order valence-corrected chi connectivity index (χ0v) is 10.0. The third-order valence-corrected chi connectivity index (χ3v) is 2.71. The number of halogens is 1. The first-order valence-electron chi connectivity index (χ1n) is 4.93. The summed E-state index contributed by atoms with van der Waals surface area (Å²) in [7, 11) is 0. The molecule has 1 aromatic carbocycles. The molecule has 19 heavy (non-hydrogen) atoms. The smallest absolute Gasteiger partial charge is 0.341 e. The number of non-ortho nitro benzene ring substituents is 1. The number of nitrogens with two attached hydrogens (primary N) is 1. The quantitative estimate of drug-likeness (QED) is 0.652. The number of rotatable bonds is 3. The number of aromatic carboxylic acids is 1. The fraction of sp³-hybridized carbons (Fsp3) is 0. The molecule has 0 aliphatic rings. The predicted molar refractivity (Wildman–Crippen MR) is 66.6 cm³/mol. The van der Waals surface area contributed by atoms with Crippen LogP contribution in [0.15, 0.2) is 24.4 Å². The van der Waals surface area contributed by atoms with Crippen molar-refractivity contribution in [3.05, 3.63) is 45.1 Å². The molecule has 2 rings (SSSR count). The molecule has 0 amide bonds. The van der Waals surface area contributed by atoms with E-state index in [1.54, 1.807) is 0 Å². The summed E-state index contributed by atoms with van der Waals surface area (Å²) in [6.45, 7) is 0. The molecule has 0 fully saturated rings. The van der Waals surface area contributed by atoms with Crippen LogP contribution in [-0.2, 0) is 0 Å². The summed E-state index contributed by atoms with van der Waals surface area (Å²) in [5.41, 5.74) is 5.54. The summed E-state index contributed by atoms with van der Waals surface area (Å²) in [5.74, 6) is -1.33. The Labute approximate surface area is 111 Å². The van der Waals surface area contributed by atoms with E-state index in [9.17, 15) is 14.9 Å². The van der Waals surface area contributed by atoms with Crippen LogP contribution in [0, 0.1) is 10.1 Å². The summed E-state index contributed by atoms with van der Waals surface area (Å²) in [6.07, 6.45) is 1.08. The van der Waals surface area contributed by atoms with Crippen LogP contribution >= 0.6 is 11.6 Å². The Morgan fingerprint density at radius 2 is 2.21 bits per heavy atom. The van der Waals surface area contributed by atoms with Crippen molar-refractivity contribution in [2.75, 3.05) is 5.73 Å². The van der Waals surface area contributed by atoms with Gasteiger partial charge in [0, 0.05) is 12.1 Å². The van der Waals surface area contributed by atoms with E-state index in [0.29, 0.717) is 0 Å². The largest absolute Gasteiger partial charge is 0.477 e. The number of aromatic nitrogens is 2. The Kier molecular flexibility index (Phi) is 3.09. The minimum Gasteiger partial charge on any atom is -0.477 e. The van der Waals surface area contributed by atoms with Crippen LogP contribution in [0.2, 0.25) is 5.02 Å². The monoisotopic (exact) mass is 282 g/mol. The van der Waals surface area contributed by atoms with E-state index >= 15 is 0 Å². The highest BCUT2D eigenvalue weighted by molar-refractivity contribution is 6.32. The van der Waals surface area contributed by atoms with Gasteiger partial charge in [-0.15, -0.1) is 0 Å². The van der Waals surface area contributed by atoms with E-state index in [-0.39, 0.29) is 27.8 Å². The molecule has 0 aliphatic carbocycles. The van der Waals surface area contributed by atoms with Crippen LogP contribution in [0.4, 0.5) is 11.5 Å². The molecule has 98 valence electrons. The van der Waals surface area contributed by atoms with E-state index in [2.05, 4.69) is 5.10 Å². The number of nitro benzene ring substituents is 1. The van der Waals surface area contributed by atoms with Gasteiger partial charge >= 0.3 is 5.97 Å². The maximum absolute atomic E-state index is 10.8. The minimum atomic E-state index is -1.22. The van der Waals surface area contributed by atoms with Crippen LogP contribution in [-0.4, -0.2) is 25.8 Å². The first-order chi connectivity index (χ1) is 8.91. The predicted octanol–water partition coefficient (Wildman–Crippen LogP) is 1.71. The molecule has 1 aromatic heterocycles. The molecule has 9 heteroatoms. The van der Waals surface area contributed by atoms with Crippen molar-refractivity contribution in [1.29, 1.82) is 0 Å².